The molecular weight excluding hydrogens is 288 g/mol. The highest BCUT2D eigenvalue weighted by Gasteiger charge is 2.50. The normalized spacial score (nSPS) is 29.6. The molecule has 1 unspecified atom stereocenters. The van der Waals surface area contributed by atoms with Crippen molar-refractivity contribution in [1.82, 2.24) is 0 Å². The fourth-order valence-electron chi connectivity index (χ4n) is 4.07. The second-order valence-corrected chi connectivity index (χ2v) is 7.65. The van der Waals surface area contributed by atoms with Gasteiger partial charge in [0.1, 0.15) is 11.9 Å². The third kappa shape index (κ3) is 3.25. The Bertz CT molecular complexity index is 586. The van der Waals surface area contributed by atoms with Crippen LogP contribution in [0, 0.1) is 11.3 Å². The molecule has 0 radical (unpaired) electrons. The van der Waals surface area contributed by atoms with Crippen LogP contribution in [-0.4, -0.2) is 22.8 Å². The van der Waals surface area contributed by atoms with E-state index in [-0.39, 0.29) is 5.78 Å². The number of Topliss-reactive ketones (excluding diaryl/α,β-unsaturated/α-hetero) is 1. The zero-order chi connectivity index (χ0) is 17.3. The second-order valence-electron chi connectivity index (χ2n) is 7.65. The van der Waals surface area contributed by atoms with Crippen molar-refractivity contribution in [3.63, 3.8) is 0 Å². The Morgan fingerprint density at radius 1 is 1.26 bits per heavy atom. The zero-order valence-electron chi connectivity index (χ0n) is 14.7. The summed E-state index contributed by atoms with van der Waals surface area (Å²) in [6.45, 7) is 7.59. The molecule has 0 bridgehead atoms. The highest BCUT2D eigenvalue weighted by molar-refractivity contribution is 5.99. The van der Waals surface area contributed by atoms with Crippen LogP contribution in [-0.2, 0) is 9.59 Å². The van der Waals surface area contributed by atoms with E-state index >= 15 is 0 Å². The van der Waals surface area contributed by atoms with E-state index in [4.69, 9.17) is 0 Å². The van der Waals surface area contributed by atoms with Crippen LogP contribution in [0.4, 0.5) is 0 Å². The molecule has 126 valence electrons. The first-order valence-electron chi connectivity index (χ1n) is 8.51. The molecule has 2 aliphatic rings. The topological polar surface area (TPSA) is 54.4 Å². The van der Waals surface area contributed by atoms with Gasteiger partial charge < -0.3 is 5.11 Å². The summed E-state index contributed by atoms with van der Waals surface area (Å²) >= 11 is 0. The monoisotopic (exact) mass is 316 g/mol. The lowest BCUT2D eigenvalue weighted by Gasteiger charge is -2.46. The van der Waals surface area contributed by atoms with Gasteiger partial charge in [-0.1, -0.05) is 32.8 Å². The maximum atomic E-state index is 12.7. The van der Waals surface area contributed by atoms with Gasteiger partial charge in [-0.3, -0.25) is 9.59 Å². The minimum absolute atomic E-state index is 0.192. The molecular formula is C20H28O3. The van der Waals surface area contributed by atoms with Gasteiger partial charge >= 0.3 is 0 Å². The van der Waals surface area contributed by atoms with E-state index in [9.17, 15) is 14.7 Å². The highest BCUT2D eigenvalue weighted by atomic mass is 16.3. The summed E-state index contributed by atoms with van der Waals surface area (Å²) in [7, 11) is 0. The third-order valence-corrected chi connectivity index (χ3v) is 5.59. The number of aldehydes is 1. The summed E-state index contributed by atoms with van der Waals surface area (Å²) in [4.78, 5) is 23.3. The molecule has 0 saturated heterocycles. The van der Waals surface area contributed by atoms with Crippen LogP contribution >= 0.6 is 0 Å². The van der Waals surface area contributed by atoms with E-state index in [1.807, 2.05) is 27.7 Å². The van der Waals surface area contributed by atoms with Crippen molar-refractivity contribution in [1.29, 1.82) is 0 Å². The van der Waals surface area contributed by atoms with Crippen LogP contribution in [0.5, 0.6) is 0 Å². The molecule has 3 nitrogen and oxygen atoms in total. The lowest BCUT2D eigenvalue weighted by molar-refractivity contribution is -0.123. The van der Waals surface area contributed by atoms with Crippen molar-refractivity contribution in [2.45, 2.75) is 65.4 Å². The molecule has 0 aliphatic heterocycles. The lowest BCUT2D eigenvalue weighted by Crippen LogP contribution is -2.50. The molecule has 0 aromatic heterocycles. The molecule has 3 heteroatoms. The van der Waals surface area contributed by atoms with Gasteiger partial charge in [0.2, 0.25) is 0 Å². The van der Waals surface area contributed by atoms with Gasteiger partial charge in [0.05, 0.1) is 0 Å². The average Bonchev–Trinajstić information content (AvgIpc) is 2.97. The molecule has 0 amide bonds. The van der Waals surface area contributed by atoms with Gasteiger partial charge in [0.25, 0.3) is 0 Å². The lowest BCUT2D eigenvalue weighted by atomic mass is 9.61. The van der Waals surface area contributed by atoms with Crippen LogP contribution in [0.1, 0.15) is 59.8 Å². The largest absolute Gasteiger partial charge is 0.381 e. The molecule has 2 rings (SSSR count). The van der Waals surface area contributed by atoms with Gasteiger partial charge in [0, 0.05) is 17.4 Å². The number of aliphatic hydroxyl groups is 1. The van der Waals surface area contributed by atoms with E-state index in [0.29, 0.717) is 12.3 Å². The molecule has 0 aromatic rings. The minimum atomic E-state index is -1.16. The van der Waals surface area contributed by atoms with Crippen LogP contribution < -0.4 is 0 Å². The molecule has 2 aliphatic carbocycles. The first-order chi connectivity index (χ1) is 10.7. The predicted molar refractivity (Wildman–Crippen MR) is 92.0 cm³/mol. The van der Waals surface area contributed by atoms with Gasteiger partial charge in [-0.05, 0) is 55.9 Å². The number of allylic oxidation sites excluding steroid dienone is 4. The van der Waals surface area contributed by atoms with Crippen molar-refractivity contribution >= 4 is 12.1 Å². The Morgan fingerprint density at radius 3 is 2.43 bits per heavy atom. The van der Waals surface area contributed by atoms with Gasteiger partial charge in [-0.2, -0.15) is 0 Å². The molecule has 0 aromatic carbocycles. The Kier molecular flexibility index (Phi) is 5.10. The number of carbonyl (C=O) groups is 2. The predicted octanol–water partition coefficient (Wildman–Crippen LogP) is 3.92. The van der Waals surface area contributed by atoms with Crippen LogP contribution in [0.3, 0.4) is 0 Å². The van der Waals surface area contributed by atoms with E-state index in [2.05, 4.69) is 0 Å². The van der Waals surface area contributed by atoms with Crippen LogP contribution in [0.25, 0.3) is 0 Å². The van der Waals surface area contributed by atoms with Crippen molar-refractivity contribution in [3.05, 3.63) is 34.9 Å². The Morgan fingerprint density at radius 2 is 1.87 bits per heavy atom. The molecule has 0 heterocycles. The summed E-state index contributed by atoms with van der Waals surface area (Å²) < 4.78 is 0. The number of hydrogen-bond acceptors (Lipinski definition) is 3. The maximum Gasteiger partial charge on any atom is 0.159 e. The van der Waals surface area contributed by atoms with Gasteiger partial charge in [0.15, 0.2) is 5.78 Å². The number of rotatable bonds is 4. The fourth-order valence-corrected chi connectivity index (χ4v) is 4.07. The molecule has 0 spiro atoms. The Balaban J connectivity index is 2.50. The Labute approximate surface area is 139 Å². The van der Waals surface area contributed by atoms with E-state index in [1.54, 1.807) is 12.2 Å². The fraction of sp³-hybridized carbons (Fsp3) is 0.600. The summed E-state index contributed by atoms with van der Waals surface area (Å²) in [6.07, 6.45) is 10.5. The minimum Gasteiger partial charge on any atom is -0.381 e. The van der Waals surface area contributed by atoms with Crippen molar-refractivity contribution in [2.24, 2.45) is 11.3 Å². The molecule has 1 fully saturated rings. The van der Waals surface area contributed by atoms with E-state index < -0.39 is 11.0 Å². The zero-order valence-corrected chi connectivity index (χ0v) is 14.7. The molecule has 1 N–H and O–H groups in total. The maximum absolute atomic E-state index is 12.7. The third-order valence-electron chi connectivity index (χ3n) is 5.59. The van der Waals surface area contributed by atoms with Crippen LogP contribution in [0.2, 0.25) is 0 Å². The first kappa shape index (κ1) is 17.9. The van der Waals surface area contributed by atoms with E-state index in [1.165, 1.54) is 6.08 Å². The van der Waals surface area contributed by atoms with E-state index in [0.717, 1.165) is 48.7 Å². The average molecular weight is 316 g/mol. The summed E-state index contributed by atoms with van der Waals surface area (Å²) in [5.41, 5.74) is 0.716. The van der Waals surface area contributed by atoms with Crippen LogP contribution in [0.15, 0.2) is 34.9 Å². The van der Waals surface area contributed by atoms with Crippen molar-refractivity contribution in [2.75, 3.05) is 0 Å². The number of hydrogen-bond donors (Lipinski definition) is 1. The summed E-state index contributed by atoms with van der Waals surface area (Å²) in [5.74, 6) is 0.489. The second kappa shape index (κ2) is 6.56. The molecule has 23 heavy (non-hydrogen) atoms. The summed E-state index contributed by atoms with van der Waals surface area (Å²) in [5, 5.41) is 11.4. The smallest absolute Gasteiger partial charge is 0.159 e. The molecule has 1 saturated carbocycles. The van der Waals surface area contributed by atoms with Crippen molar-refractivity contribution < 1.29 is 14.7 Å². The van der Waals surface area contributed by atoms with Gasteiger partial charge in [-0.15, -0.1) is 0 Å². The first-order valence-corrected chi connectivity index (χ1v) is 8.51. The summed E-state index contributed by atoms with van der Waals surface area (Å²) in [6, 6.07) is 0. The Hall–Kier alpha value is -1.48. The highest BCUT2D eigenvalue weighted by Crippen LogP contribution is 2.49. The number of ketones is 1. The van der Waals surface area contributed by atoms with Gasteiger partial charge in [-0.25, -0.2) is 0 Å². The molecule has 1 atom stereocenters. The standard InChI is InChI=1S/C20H28O3/c1-14(10-12-21)9-11-20(23)15(2)18(16-7-5-6-8-16)17(22)13-19(20,3)4/h9-12,16,23H,5-8,13H2,1-4H3/b11-9+,14-10-. The SMILES string of the molecule is CC1=C(C2CCCC2)C(=O)CC(C)(C)C1(O)/C=C/C(C)=C\C=O. The van der Waals surface area contributed by atoms with Crippen molar-refractivity contribution in [3.8, 4) is 0 Å². The quantitative estimate of drug-likeness (QED) is 0.486. The number of carbonyl (C=O) groups excluding carboxylic acids is 2.